The van der Waals surface area contributed by atoms with E-state index < -0.39 is 0 Å². The molecule has 2 saturated carbocycles. The maximum atomic E-state index is 2.38. The van der Waals surface area contributed by atoms with Gasteiger partial charge >= 0.3 is 0 Å². The van der Waals surface area contributed by atoms with E-state index in [1.54, 1.807) is 38.5 Å². The van der Waals surface area contributed by atoms with E-state index in [-0.39, 0.29) is 0 Å². The zero-order valence-corrected chi connectivity index (χ0v) is 14.2. The van der Waals surface area contributed by atoms with Crippen molar-refractivity contribution in [3.05, 3.63) is 0 Å². The minimum absolute atomic E-state index is 1.07. The summed E-state index contributed by atoms with van der Waals surface area (Å²) in [5, 5.41) is 0. The second-order valence-corrected chi connectivity index (χ2v) is 7.82. The lowest BCUT2D eigenvalue weighted by Crippen LogP contribution is -2.25. The molecule has 0 amide bonds. The first-order valence-corrected chi connectivity index (χ1v) is 9.83. The third-order valence-corrected chi connectivity index (χ3v) is 6.49. The number of hydrogen-bond donors (Lipinski definition) is 0. The highest BCUT2D eigenvalue weighted by molar-refractivity contribution is 4.81. The molecule has 0 heteroatoms. The third kappa shape index (κ3) is 5.08. The molecule has 0 radical (unpaired) electrons. The Kier molecular flexibility index (Phi) is 7.45. The van der Waals surface area contributed by atoms with Crippen LogP contribution in [0.1, 0.15) is 104 Å². The number of unbranched alkanes of at least 4 members (excludes halogenated alkanes) is 3. The summed E-state index contributed by atoms with van der Waals surface area (Å²) in [5.41, 5.74) is 0. The molecule has 2 rings (SSSR count). The smallest absolute Gasteiger partial charge is 0.0386 e. The molecule has 0 heterocycles. The van der Waals surface area contributed by atoms with Crippen LogP contribution < -0.4 is 0 Å². The molecule has 20 heavy (non-hydrogen) atoms. The van der Waals surface area contributed by atoms with E-state index in [0.29, 0.717) is 0 Å². The van der Waals surface area contributed by atoms with Crippen molar-refractivity contribution < 1.29 is 0 Å². The van der Waals surface area contributed by atoms with Crippen LogP contribution in [0.25, 0.3) is 0 Å². The topological polar surface area (TPSA) is 0 Å². The van der Waals surface area contributed by atoms with E-state index in [4.69, 9.17) is 0 Å². The molecular formula is C20H38. The van der Waals surface area contributed by atoms with Crippen molar-refractivity contribution in [1.82, 2.24) is 0 Å². The van der Waals surface area contributed by atoms with Gasteiger partial charge in [0.25, 0.3) is 0 Å². The lowest BCUT2D eigenvalue weighted by Gasteiger charge is -2.37. The van der Waals surface area contributed by atoms with Gasteiger partial charge in [0, 0.05) is 0 Å². The Morgan fingerprint density at radius 2 is 1.15 bits per heavy atom. The Labute approximate surface area is 128 Å². The van der Waals surface area contributed by atoms with Crippen molar-refractivity contribution in [2.75, 3.05) is 0 Å². The molecule has 0 aliphatic heterocycles. The van der Waals surface area contributed by atoms with Crippen LogP contribution in [-0.2, 0) is 0 Å². The fourth-order valence-corrected chi connectivity index (χ4v) is 4.88. The molecule has 118 valence electrons. The summed E-state index contributed by atoms with van der Waals surface area (Å²) in [6.45, 7) is 4.70. The highest BCUT2D eigenvalue weighted by atomic mass is 14.4. The SMILES string of the molecule is CCCCCCC1CCC(C2CCC(CC)CC2)CC1. The Bertz CT molecular complexity index is 228. The zero-order valence-electron chi connectivity index (χ0n) is 14.2. The van der Waals surface area contributed by atoms with E-state index in [1.807, 2.05) is 0 Å². The summed E-state index contributed by atoms with van der Waals surface area (Å²) >= 11 is 0. The van der Waals surface area contributed by atoms with E-state index in [2.05, 4.69) is 13.8 Å². The van der Waals surface area contributed by atoms with Gasteiger partial charge in [-0.1, -0.05) is 78.1 Å². The third-order valence-electron chi connectivity index (χ3n) is 6.49. The summed E-state index contributed by atoms with van der Waals surface area (Å²) in [7, 11) is 0. The summed E-state index contributed by atoms with van der Waals surface area (Å²) in [4.78, 5) is 0. The standard InChI is InChI=1S/C20H38/c1-3-5-6-7-8-18-11-15-20(16-12-18)19-13-9-17(4-2)10-14-19/h17-20H,3-16H2,1-2H3. The van der Waals surface area contributed by atoms with Gasteiger partial charge in [-0.05, 0) is 49.4 Å². The van der Waals surface area contributed by atoms with E-state index in [1.165, 1.54) is 51.4 Å². The molecule has 0 spiro atoms. The second-order valence-electron chi connectivity index (χ2n) is 7.82. The first-order chi connectivity index (χ1) is 9.83. The predicted octanol–water partition coefficient (Wildman–Crippen LogP) is 6.98. The van der Waals surface area contributed by atoms with Gasteiger partial charge in [0.15, 0.2) is 0 Å². The van der Waals surface area contributed by atoms with Crippen molar-refractivity contribution >= 4 is 0 Å². The molecule has 0 aromatic carbocycles. The number of rotatable bonds is 7. The van der Waals surface area contributed by atoms with E-state index in [9.17, 15) is 0 Å². The van der Waals surface area contributed by atoms with Crippen molar-refractivity contribution in [2.45, 2.75) is 104 Å². The molecule has 0 N–H and O–H groups in total. The van der Waals surface area contributed by atoms with Gasteiger partial charge in [-0.3, -0.25) is 0 Å². The Balaban J connectivity index is 1.59. The van der Waals surface area contributed by atoms with Crippen LogP contribution in [0.15, 0.2) is 0 Å². The quantitative estimate of drug-likeness (QED) is 0.441. The van der Waals surface area contributed by atoms with Gasteiger partial charge in [-0.25, -0.2) is 0 Å². The molecule has 0 aromatic heterocycles. The van der Waals surface area contributed by atoms with Crippen molar-refractivity contribution in [3.8, 4) is 0 Å². The van der Waals surface area contributed by atoms with Crippen molar-refractivity contribution in [2.24, 2.45) is 23.7 Å². The molecule has 0 saturated heterocycles. The van der Waals surface area contributed by atoms with E-state index in [0.717, 1.165) is 23.7 Å². The van der Waals surface area contributed by atoms with E-state index >= 15 is 0 Å². The summed E-state index contributed by atoms with van der Waals surface area (Å²) in [6.07, 6.45) is 21.2. The van der Waals surface area contributed by atoms with Crippen LogP contribution in [0.3, 0.4) is 0 Å². The molecular weight excluding hydrogens is 240 g/mol. The lowest BCUT2D eigenvalue weighted by atomic mass is 9.68. The molecule has 2 fully saturated rings. The minimum atomic E-state index is 1.07. The zero-order chi connectivity index (χ0) is 14.2. The van der Waals surface area contributed by atoms with Crippen LogP contribution in [-0.4, -0.2) is 0 Å². The molecule has 2 aliphatic rings. The minimum Gasteiger partial charge on any atom is -0.0654 e. The largest absolute Gasteiger partial charge is 0.0654 e. The maximum absolute atomic E-state index is 2.38. The Hall–Kier alpha value is 0. The highest BCUT2D eigenvalue weighted by Gasteiger charge is 2.30. The predicted molar refractivity (Wildman–Crippen MR) is 89.9 cm³/mol. The van der Waals surface area contributed by atoms with Gasteiger partial charge in [-0.2, -0.15) is 0 Å². The van der Waals surface area contributed by atoms with Gasteiger partial charge in [0.1, 0.15) is 0 Å². The second kappa shape index (κ2) is 9.11. The average Bonchev–Trinajstić information content (AvgIpc) is 2.52. The Morgan fingerprint density at radius 3 is 1.65 bits per heavy atom. The van der Waals surface area contributed by atoms with Crippen molar-refractivity contribution in [3.63, 3.8) is 0 Å². The summed E-state index contributed by atoms with van der Waals surface area (Å²) in [6, 6.07) is 0. The average molecular weight is 279 g/mol. The van der Waals surface area contributed by atoms with Gasteiger partial charge in [0.05, 0.1) is 0 Å². The fourth-order valence-electron chi connectivity index (χ4n) is 4.88. The summed E-state index contributed by atoms with van der Waals surface area (Å²) in [5.74, 6) is 4.38. The maximum Gasteiger partial charge on any atom is -0.0386 e. The van der Waals surface area contributed by atoms with Crippen LogP contribution in [0.2, 0.25) is 0 Å². The normalized spacial score (nSPS) is 35.1. The molecule has 0 aromatic rings. The fraction of sp³-hybridized carbons (Fsp3) is 1.00. The Morgan fingerprint density at radius 1 is 0.600 bits per heavy atom. The van der Waals surface area contributed by atoms with Crippen LogP contribution in [0.5, 0.6) is 0 Å². The molecule has 0 nitrogen and oxygen atoms in total. The number of hydrogen-bond acceptors (Lipinski definition) is 0. The first kappa shape index (κ1) is 16.4. The first-order valence-electron chi connectivity index (χ1n) is 9.83. The molecule has 2 aliphatic carbocycles. The molecule has 0 atom stereocenters. The van der Waals surface area contributed by atoms with Crippen molar-refractivity contribution in [1.29, 1.82) is 0 Å². The van der Waals surface area contributed by atoms with Crippen LogP contribution in [0, 0.1) is 23.7 Å². The highest BCUT2D eigenvalue weighted by Crippen LogP contribution is 2.42. The summed E-state index contributed by atoms with van der Waals surface area (Å²) < 4.78 is 0. The van der Waals surface area contributed by atoms with Crippen LogP contribution in [0.4, 0.5) is 0 Å². The van der Waals surface area contributed by atoms with Gasteiger partial charge in [0.2, 0.25) is 0 Å². The lowest BCUT2D eigenvalue weighted by molar-refractivity contribution is 0.141. The monoisotopic (exact) mass is 278 g/mol. The van der Waals surface area contributed by atoms with Crippen LogP contribution >= 0.6 is 0 Å². The molecule has 0 bridgehead atoms. The van der Waals surface area contributed by atoms with Gasteiger partial charge < -0.3 is 0 Å². The van der Waals surface area contributed by atoms with Gasteiger partial charge in [-0.15, -0.1) is 0 Å². The molecule has 0 unspecified atom stereocenters.